The van der Waals surface area contributed by atoms with Crippen LogP contribution < -0.4 is 0 Å². The number of allylic oxidation sites excluding steroid dienone is 4. The van der Waals surface area contributed by atoms with E-state index in [1.807, 2.05) is 43.3 Å². The van der Waals surface area contributed by atoms with Crippen molar-refractivity contribution < 1.29 is 4.79 Å². The Morgan fingerprint density at radius 1 is 1.07 bits per heavy atom. The number of benzene rings is 1. The summed E-state index contributed by atoms with van der Waals surface area (Å²) in [5.74, 6) is 0.0805. The first-order chi connectivity index (χ1) is 6.77. The fourth-order valence-electron chi connectivity index (χ4n) is 1.57. The number of aryl methyl sites for hydroxylation is 1. The van der Waals surface area contributed by atoms with Crippen LogP contribution in [0.1, 0.15) is 17.0 Å². The number of carbonyl (C=O) groups excluding carboxylic acids is 1. The lowest BCUT2D eigenvalue weighted by Gasteiger charge is -2.12. The first-order valence-corrected chi connectivity index (χ1v) is 4.72. The Hall–Kier alpha value is -1.63. The van der Waals surface area contributed by atoms with Crippen molar-refractivity contribution >= 4 is 5.78 Å². The molecule has 1 aromatic carbocycles. The van der Waals surface area contributed by atoms with E-state index in [0.29, 0.717) is 0 Å². The van der Waals surface area contributed by atoms with E-state index in [4.69, 9.17) is 0 Å². The third kappa shape index (κ3) is 1.67. The molecular formula is C13H12O. The van der Waals surface area contributed by atoms with Gasteiger partial charge in [-0.25, -0.2) is 0 Å². The van der Waals surface area contributed by atoms with Crippen molar-refractivity contribution in [3.63, 3.8) is 0 Å². The minimum Gasteiger partial charge on any atom is -0.294 e. The molecule has 0 fully saturated rings. The minimum atomic E-state index is -0.0828. The molecule has 70 valence electrons. The highest BCUT2D eigenvalue weighted by Gasteiger charge is 2.16. The molecule has 1 heteroatoms. The van der Waals surface area contributed by atoms with Crippen LogP contribution in [0.25, 0.3) is 0 Å². The fraction of sp³-hybridized carbons (Fsp3) is 0.154. The third-order valence-electron chi connectivity index (χ3n) is 2.42. The molecule has 0 heterocycles. The quantitative estimate of drug-likeness (QED) is 0.656. The maximum Gasteiger partial charge on any atom is 0.166 e. The van der Waals surface area contributed by atoms with Crippen LogP contribution in [-0.2, 0) is 4.79 Å². The second kappa shape index (κ2) is 3.62. The first-order valence-electron chi connectivity index (χ1n) is 4.72. The van der Waals surface area contributed by atoms with Crippen LogP contribution in [0.4, 0.5) is 0 Å². The van der Waals surface area contributed by atoms with E-state index in [-0.39, 0.29) is 11.7 Å². The summed E-state index contributed by atoms with van der Waals surface area (Å²) in [7, 11) is 0. The van der Waals surface area contributed by atoms with E-state index in [2.05, 4.69) is 0 Å². The van der Waals surface area contributed by atoms with Crippen LogP contribution in [-0.4, -0.2) is 5.78 Å². The summed E-state index contributed by atoms with van der Waals surface area (Å²) >= 11 is 0. The zero-order chi connectivity index (χ0) is 9.97. The lowest BCUT2D eigenvalue weighted by atomic mass is 9.91. The Kier molecular flexibility index (Phi) is 2.32. The van der Waals surface area contributed by atoms with Gasteiger partial charge in [0.2, 0.25) is 0 Å². The van der Waals surface area contributed by atoms with Crippen molar-refractivity contribution in [2.75, 3.05) is 0 Å². The molecule has 2 rings (SSSR count). The van der Waals surface area contributed by atoms with Crippen molar-refractivity contribution in [1.29, 1.82) is 0 Å². The van der Waals surface area contributed by atoms with Crippen molar-refractivity contribution in [2.24, 2.45) is 0 Å². The molecule has 0 saturated heterocycles. The minimum absolute atomic E-state index is 0.0828. The molecule has 0 saturated carbocycles. The van der Waals surface area contributed by atoms with Gasteiger partial charge in [0, 0.05) is 0 Å². The van der Waals surface area contributed by atoms with Gasteiger partial charge in [0.15, 0.2) is 5.78 Å². The summed E-state index contributed by atoms with van der Waals surface area (Å²) < 4.78 is 0. The highest BCUT2D eigenvalue weighted by atomic mass is 16.1. The summed E-state index contributed by atoms with van der Waals surface area (Å²) in [6.45, 7) is 2.04. The highest BCUT2D eigenvalue weighted by molar-refractivity contribution is 5.98. The Morgan fingerprint density at radius 3 is 2.43 bits per heavy atom. The van der Waals surface area contributed by atoms with Crippen molar-refractivity contribution in [1.82, 2.24) is 0 Å². The van der Waals surface area contributed by atoms with Crippen molar-refractivity contribution in [3.8, 4) is 0 Å². The Labute approximate surface area is 83.8 Å². The van der Waals surface area contributed by atoms with E-state index < -0.39 is 0 Å². The van der Waals surface area contributed by atoms with Crippen LogP contribution in [0.5, 0.6) is 0 Å². The van der Waals surface area contributed by atoms with Crippen LogP contribution >= 0.6 is 0 Å². The topological polar surface area (TPSA) is 17.1 Å². The maximum atomic E-state index is 11.5. The molecule has 0 aliphatic heterocycles. The lowest BCUT2D eigenvalue weighted by Crippen LogP contribution is -2.09. The molecule has 1 unspecified atom stereocenters. The monoisotopic (exact) mass is 184 g/mol. The molecule has 1 aromatic rings. The summed E-state index contributed by atoms with van der Waals surface area (Å²) in [6, 6.07) is 8.10. The third-order valence-corrected chi connectivity index (χ3v) is 2.42. The molecule has 14 heavy (non-hydrogen) atoms. The van der Waals surface area contributed by atoms with Gasteiger partial charge in [-0.15, -0.1) is 0 Å². The largest absolute Gasteiger partial charge is 0.294 e. The molecule has 0 aromatic heterocycles. The van der Waals surface area contributed by atoms with E-state index in [0.717, 1.165) is 5.56 Å². The molecule has 0 radical (unpaired) electrons. The second-order valence-corrected chi connectivity index (χ2v) is 3.53. The zero-order valence-corrected chi connectivity index (χ0v) is 8.10. The fourth-order valence-corrected chi connectivity index (χ4v) is 1.57. The summed E-state index contributed by atoms with van der Waals surface area (Å²) in [5.41, 5.74) is 2.29. The van der Waals surface area contributed by atoms with E-state index in [1.54, 1.807) is 12.2 Å². The molecule has 1 nitrogen and oxygen atoms in total. The zero-order valence-electron chi connectivity index (χ0n) is 8.10. The SMILES string of the molecule is Cc1ccc(C2C=CC=CC2=O)cc1. The number of rotatable bonds is 1. The Morgan fingerprint density at radius 2 is 1.79 bits per heavy atom. The van der Waals surface area contributed by atoms with Gasteiger partial charge < -0.3 is 0 Å². The molecule has 1 atom stereocenters. The van der Waals surface area contributed by atoms with Crippen molar-refractivity contribution in [3.05, 3.63) is 59.7 Å². The average molecular weight is 184 g/mol. The van der Waals surface area contributed by atoms with E-state index in [9.17, 15) is 4.79 Å². The molecule has 0 N–H and O–H groups in total. The lowest BCUT2D eigenvalue weighted by molar-refractivity contribution is -0.115. The molecule has 0 bridgehead atoms. The Bertz CT molecular complexity index is 396. The van der Waals surface area contributed by atoms with Gasteiger partial charge >= 0.3 is 0 Å². The predicted octanol–water partition coefficient (Wildman–Crippen LogP) is 2.77. The van der Waals surface area contributed by atoms with Crippen LogP contribution in [0.15, 0.2) is 48.6 Å². The molecule has 0 amide bonds. The number of hydrogen-bond donors (Lipinski definition) is 0. The number of ketones is 1. The molecular weight excluding hydrogens is 172 g/mol. The van der Waals surface area contributed by atoms with E-state index in [1.165, 1.54) is 5.56 Å². The Balaban J connectivity index is 2.31. The van der Waals surface area contributed by atoms with Crippen LogP contribution in [0, 0.1) is 6.92 Å². The van der Waals surface area contributed by atoms with Gasteiger partial charge in [0.25, 0.3) is 0 Å². The normalized spacial score (nSPS) is 20.1. The van der Waals surface area contributed by atoms with Gasteiger partial charge in [-0.1, -0.05) is 48.1 Å². The molecule has 1 aliphatic rings. The molecule has 0 spiro atoms. The smallest absolute Gasteiger partial charge is 0.166 e. The van der Waals surface area contributed by atoms with Crippen LogP contribution in [0.2, 0.25) is 0 Å². The standard InChI is InChI=1S/C13H12O/c1-10-6-8-11(9-7-10)12-4-2-3-5-13(12)14/h2-9,12H,1H3. The number of carbonyl (C=O) groups is 1. The summed E-state index contributed by atoms with van der Waals surface area (Å²) in [4.78, 5) is 11.5. The van der Waals surface area contributed by atoms with Gasteiger partial charge in [-0.2, -0.15) is 0 Å². The summed E-state index contributed by atoms with van der Waals surface area (Å²) in [5, 5.41) is 0. The number of hydrogen-bond acceptors (Lipinski definition) is 1. The first kappa shape index (κ1) is 8.95. The maximum absolute atomic E-state index is 11.5. The second-order valence-electron chi connectivity index (χ2n) is 3.53. The van der Waals surface area contributed by atoms with E-state index >= 15 is 0 Å². The van der Waals surface area contributed by atoms with Crippen molar-refractivity contribution in [2.45, 2.75) is 12.8 Å². The highest BCUT2D eigenvalue weighted by Crippen LogP contribution is 2.21. The predicted molar refractivity (Wildman–Crippen MR) is 57.2 cm³/mol. The molecule has 1 aliphatic carbocycles. The summed E-state index contributed by atoms with van der Waals surface area (Å²) in [6.07, 6.45) is 7.27. The average Bonchev–Trinajstić information content (AvgIpc) is 2.20. The van der Waals surface area contributed by atoms with Gasteiger partial charge in [-0.05, 0) is 18.6 Å². The van der Waals surface area contributed by atoms with Crippen LogP contribution in [0.3, 0.4) is 0 Å². The van der Waals surface area contributed by atoms with Gasteiger partial charge in [0.1, 0.15) is 0 Å². The van der Waals surface area contributed by atoms with Gasteiger partial charge in [-0.3, -0.25) is 4.79 Å². The van der Waals surface area contributed by atoms with Gasteiger partial charge in [0.05, 0.1) is 5.92 Å².